The van der Waals surface area contributed by atoms with Gasteiger partial charge in [0.15, 0.2) is 0 Å². The highest BCUT2D eigenvalue weighted by atomic mass is 16.4. The molecule has 120 valence electrons. The van der Waals surface area contributed by atoms with Crippen LogP contribution in [-0.2, 0) is 4.79 Å². The third-order valence-electron chi connectivity index (χ3n) is 5.21. The van der Waals surface area contributed by atoms with Crippen molar-refractivity contribution in [1.82, 2.24) is 10.6 Å². The van der Waals surface area contributed by atoms with Gasteiger partial charge in [0.05, 0.1) is 0 Å². The number of amides is 2. The van der Waals surface area contributed by atoms with E-state index < -0.39 is 11.5 Å². The van der Waals surface area contributed by atoms with Crippen LogP contribution in [0.3, 0.4) is 0 Å². The molecule has 3 N–H and O–H groups in total. The Morgan fingerprint density at radius 3 is 2.00 bits per heavy atom. The fourth-order valence-corrected chi connectivity index (χ4v) is 3.68. The van der Waals surface area contributed by atoms with Crippen molar-refractivity contribution >= 4 is 12.0 Å². The molecule has 2 rings (SSSR count). The zero-order valence-corrected chi connectivity index (χ0v) is 13.0. The minimum Gasteiger partial charge on any atom is -0.480 e. The molecule has 2 saturated carbocycles. The third kappa shape index (κ3) is 4.11. The largest absolute Gasteiger partial charge is 0.480 e. The molecule has 5 heteroatoms. The number of carbonyl (C=O) groups excluding carboxylic acids is 1. The first-order chi connectivity index (χ1) is 9.96. The topological polar surface area (TPSA) is 78.4 Å². The van der Waals surface area contributed by atoms with Gasteiger partial charge in [-0.15, -0.1) is 0 Å². The first kappa shape index (κ1) is 16.1. The van der Waals surface area contributed by atoms with Crippen LogP contribution in [0.5, 0.6) is 0 Å². The summed E-state index contributed by atoms with van der Waals surface area (Å²) in [6, 6.07) is -0.326. The number of carboxylic acids is 1. The molecular formula is C16H28N2O3. The van der Waals surface area contributed by atoms with E-state index >= 15 is 0 Å². The van der Waals surface area contributed by atoms with E-state index in [1.165, 1.54) is 12.8 Å². The van der Waals surface area contributed by atoms with E-state index in [-0.39, 0.29) is 11.4 Å². The molecule has 0 spiro atoms. The van der Waals surface area contributed by atoms with Crippen molar-refractivity contribution in [3.8, 4) is 0 Å². The first-order valence-electron chi connectivity index (χ1n) is 8.25. The summed E-state index contributed by atoms with van der Waals surface area (Å²) in [5.74, 6) is -0.897. The average molecular weight is 296 g/mol. The van der Waals surface area contributed by atoms with Crippen LogP contribution in [0.4, 0.5) is 4.79 Å². The van der Waals surface area contributed by atoms with Gasteiger partial charge in [0.2, 0.25) is 0 Å². The van der Waals surface area contributed by atoms with Gasteiger partial charge < -0.3 is 15.7 Å². The van der Waals surface area contributed by atoms with E-state index in [2.05, 4.69) is 17.6 Å². The Labute approximate surface area is 126 Å². The van der Waals surface area contributed by atoms with Crippen molar-refractivity contribution in [3.05, 3.63) is 0 Å². The van der Waals surface area contributed by atoms with Crippen LogP contribution in [-0.4, -0.2) is 29.2 Å². The second-order valence-electron chi connectivity index (χ2n) is 7.13. The third-order valence-corrected chi connectivity index (χ3v) is 5.21. The summed E-state index contributed by atoms with van der Waals surface area (Å²) in [5, 5.41) is 15.2. The van der Waals surface area contributed by atoms with Gasteiger partial charge in [-0.2, -0.15) is 0 Å². The van der Waals surface area contributed by atoms with E-state index in [1.54, 1.807) is 0 Å². The second kappa shape index (κ2) is 6.67. The summed E-state index contributed by atoms with van der Waals surface area (Å²) in [6.45, 7) is 2.83. The van der Waals surface area contributed by atoms with Crippen molar-refractivity contribution in [2.75, 3.05) is 6.54 Å². The number of carbonyl (C=O) groups is 2. The maximum Gasteiger partial charge on any atom is 0.329 e. The number of urea groups is 1. The Bertz CT molecular complexity index is 381. The zero-order valence-electron chi connectivity index (χ0n) is 13.0. The van der Waals surface area contributed by atoms with E-state index in [4.69, 9.17) is 0 Å². The maximum atomic E-state index is 12.1. The lowest BCUT2D eigenvalue weighted by Crippen LogP contribution is -2.57. The normalized spacial score (nSPS) is 24.0. The molecule has 0 atom stereocenters. The summed E-state index contributed by atoms with van der Waals surface area (Å²) in [4.78, 5) is 23.8. The fraction of sp³-hybridized carbons (Fsp3) is 0.875. The molecule has 2 fully saturated rings. The molecule has 2 amide bonds. The maximum absolute atomic E-state index is 12.1. The van der Waals surface area contributed by atoms with E-state index in [0.29, 0.717) is 19.4 Å². The molecule has 0 bridgehead atoms. The zero-order chi connectivity index (χ0) is 15.3. The number of nitrogens with one attached hydrogen (secondary N) is 2. The van der Waals surface area contributed by atoms with Crippen LogP contribution >= 0.6 is 0 Å². The predicted octanol–water partition coefficient (Wildman–Crippen LogP) is 3.04. The SMILES string of the molecule is CC1(CNC(=O)NC2(C(=O)O)CCCCCC2)CCCC1. The monoisotopic (exact) mass is 296 g/mol. The molecule has 0 aromatic carbocycles. The number of hydrogen-bond donors (Lipinski definition) is 3. The van der Waals surface area contributed by atoms with Gasteiger partial charge in [-0.1, -0.05) is 45.4 Å². The van der Waals surface area contributed by atoms with Crippen molar-refractivity contribution in [1.29, 1.82) is 0 Å². The lowest BCUT2D eigenvalue weighted by Gasteiger charge is -2.30. The Morgan fingerprint density at radius 1 is 0.952 bits per heavy atom. The molecule has 0 aromatic rings. The van der Waals surface area contributed by atoms with Gasteiger partial charge in [-0.25, -0.2) is 9.59 Å². The highest BCUT2D eigenvalue weighted by Crippen LogP contribution is 2.36. The molecule has 0 heterocycles. The van der Waals surface area contributed by atoms with Crippen molar-refractivity contribution < 1.29 is 14.7 Å². The molecule has 5 nitrogen and oxygen atoms in total. The summed E-state index contributed by atoms with van der Waals surface area (Å²) in [5.41, 5.74) is -0.894. The Hall–Kier alpha value is -1.26. The van der Waals surface area contributed by atoms with Gasteiger partial charge in [-0.3, -0.25) is 0 Å². The molecule has 0 aliphatic heterocycles. The van der Waals surface area contributed by atoms with Gasteiger partial charge in [-0.05, 0) is 31.1 Å². The minimum atomic E-state index is -1.07. The first-order valence-corrected chi connectivity index (χ1v) is 8.25. The summed E-state index contributed by atoms with van der Waals surface area (Å²) in [6.07, 6.45) is 9.62. The number of rotatable bonds is 4. The Balaban J connectivity index is 1.90. The van der Waals surface area contributed by atoms with Gasteiger partial charge in [0.25, 0.3) is 0 Å². The standard InChI is InChI=1S/C16H28N2O3/c1-15(8-6-7-9-15)12-17-14(21)18-16(13(19)20)10-4-2-3-5-11-16/h2-12H2,1H3,(H,19,20)(H2,17,18,21). The van der Waals surface area contributed by atoms with Crippen molar-refractivity contribution in [2.24, 2.45) is 5.41 Å². The van der Waals surface area contributed by atoms with Crippen LogP contribution in [0.25, 0.3) is 0 Å². The van der Waals surface area contributed by atoms with Crippen LogP contribution in [0.15, 0.2) is 0 Å². The molecule has 0 saturated heterocycles. The van der Waals surface area contributed by atoms with Gasteiger partial charge >= 0.3 is 12.0 Å². The lowest BCUT2D eigenvalue weighted by atomic mass is 9.88. The highest BCUT2D eigenvalue weighted by molar-refractivity contribution is 5.86. The Kier molecular flexibility index (Phi) is 5.12. The highest BCUT2D eigenvalue weighted by Gasteiger charge is 2.40. The van der Waals surface area contributed by atoms with Gasteiger partial charge in [0.1, 0.15) is 5.54 Å². The van der Waals surface area contributed by atoms with E-state index in [0.717, 1.165) is 38.5 Å². The van der Waals surface area contributed by atoms with Crippen LogP contribution in [0.1, 0.15) is 71.1 Å². The summed E-state index contributed by atoms with van der Waals surface area (Å²) >= 11 is 0. The lowest BCUT2D eigenvalue weighted by molar-refractivity contribution is -0.145. The second-order valence-corrected chi connectivity index (χ2v) is 7.13. The molecule has 2 aliphatic carbocycles. The number of carboxylic acid groups (broad SMARTS) is 1. The van der Waals surface area contributed by atoms with E-state index in [1.807, 2.05) is 0 Å². The fourth-order valence-electron chi connectivity index (χ4n) is 3.68. The van der Waals surface area contributed by atoms with Gasteiger partial charge in [0, 0.05) is 6.54 Å². The molecular weight excluding hydrogens is 268 g/mol. The quantitative estimate of drug-likeness (QED) is 0.698. The molecule has 21 heavy (non-hydrogen) atoms. The molecule has 0 radical (unpaired) electrons. The van der Waals surface area contributed by atoms with Crippen LogP contribution in [0, 0.1) is 5.41 Å². The molecule has 0 unspecified atom stereocenters. The van der Waals surface area contributed by atoms with Crippen LogP contribution < -0.4 is 10.6 Å². The smallest absolute Gasteiger partial charge is 0.329 e. The molecule has 0 aromatic heterocycles. The van der Waals surface area contributed by atoms with E-state index in [9.17, 15) is 14.7 Å². The Morgan fingerprint density at radius 2 is 1.48 bits per heavy atom. The molecule has 2 aliphatic rings. The summed E-state index contributed by atoms with van der Waals surface area (Å²) < 4.78 is 0. The minimum absolute atomic E-state index is 0.178. The van der Waals surface area contributed by atoms with Crippen molar-refractivity contribution in [2.45, 2.75) is 76.7 Å². The average Bonchev–Trinajstić information content (AvgIpc) is 2.72. The number of hydrogen-bond acceptors (Lipinski definition) is 2. The number of aliphatic carboxylic acids is 1. The predicted molar refractivity (Wildman–Crippen MR) is 81.2 cm³/mol. The van der Waals surface area contributed by atoms with Crippen LogP contribution in [0.2, 0.25) is 0 Å². The van der Waals surface area contributed by atoms with Crippen molar-refractivity contribution in [3.63, 3.8) is 0 Å². The summed E-state index contributed by atoms with van der Waals surface area (Å²) in [7, 11) is 0.